The molecule has 0 aliphatic rings. The van der Waals surface area contributed by atoms with Crippen molar-refractivity contribution in [3.8, 4) is 0 Å². The molecular formula is C8H9CrO7. The summed E-state index contributed by atoms with van der Waals surface area (Å²) in [7, 11) is 0. The van der Waals surface area contributed by atoms with Gasteiger partial charge in [-0.2, -0.15) is 0 Å². The fraction of sp³-hybridized carbons (Fsp3) is 0.375. The molecule has 0 heterocycles. The van der Waals surface area contributed by atoms with Crippen molar-refractivity contribution < 1.29 is 50.5 Å². The predicted octanol–water partition coefficient (Wildman–Crippen LogP) is -3.27. The topological polar surface area (TPSA) is 131 Å². The first-order valence-corrected chi connectivity index (χ1v) is 4.27. The van der Waals surface area contributed by atoms with E-state index < -0.39 is 23.5 Å². The fourth-order valence-corrected chi connectivity index (χ4v) is 0. The van der Waals surface area contributed by atoms with Crippen LogP contribution in [0.1, 0.15) is 20.8 Å². The number of hydrogen-bond acceptors (Lipinski definition) is 7. The molecule has 0 saturated heterocycles. The van der Waals surface area contributed by atoms with E-state index in [4.69, 9.17) is 0 Å². The van der Waals surface area contributed by atoms with E-state index in [0.29, 0.717) is 0 Å². The van der Waals surface area contributed by atoms with Gasteiger partial charge in [0.1, 0.15) is 11.9 Å². The van der Waals surface area contributed by atoms with Crippen LogP contribution in [0.15, 0.2) is 0 Å². The van der Waals surface area contributed by atoms with Gasteiger partial charge >= 0.3 is 32.7 Å². The van der Waals surface area contributed by atoms with Crippen molar-refractivity contribution in [3.05, 3.63) is 0 Å². The third-order valence-electron chi connectivity index (χ3n) is 0.575. The molecule has 0 atom stereocenters. The van der Waals surface area contributed by atoms with Gasteiger partial charge < -0.3 is 19.8 Å². The predicted molar refractivity (Wildman–Crippen MR) is 42.1 cm³/mol. The van der Waals surface area contributed by atoms with E-state index in [0.717, 1.165) is 13.8 Å². The number of hydrogen-bond donors (Lipinski definition) is 0. The van der Waals surface area contributed by atoms with E-state index in [1.807, 2.05) is 0 Å². The molecule has 0 aliphatic heterocycles. The molecule has 89 valence electrons. The van der Waals surface area contributed by atoms with Crippen LogP contribution in [-0.4, -0.2) is 28.2 Å². The normalized spacial score (nSPS) is 7.12. The van der Waals surface area contributed by atoms with Crippen molar-refractivity contribution in [1.82, 2.24) is 0 Å². The second kappa shape index (κ2) is 11.6. The Labute approximate surface area is 99.9 Å². The summed E-state index contributed by atoms with van der Waals surface area (Å²) in [5.41, 5.74) is 0. The SMILES string of the molecule is CC(=O)C(=O)[O-].CC(=O)C(=O)[O-].C[C](=O)[Cr+2]. The number of carbonyl (C=O) groups excluding carboxylic acids is 5. The van der Waals surface area contributed by atoms with Crippen LogP contribution in [0, 0.1) is 0 Å². The molecule has 0 aliphatic carbocycles. The van der Waals surface area contributed by atoms with Crippen molar-refractivity contribution in [1.29, 1.82) is 0 Å². The first-order chi connectivity index (χ1) is 7.02. The van der Waals surface area contributed by atoms with Gasteiger partial charge in [-0.15, -0.1) is 0 Å². The summed E-state index contributed by atoms with van der Waals surface area (Å²) >= 11 is 2.26. The third kappa shape index (κ3) is 39.2. The van der Waals surface area contributed by atoms with Gasteiger partial charge in [-0.3, -0.25) is 9.59 Å². The molecule has 0 unspecified atom stereocenters. The number of carboxylic acid groups (broad SMARTS) is 2. The fourth-order valence-electron chi connectivity index (χ4n) is 0. The molecule has 8 heteroatoms. The number of rotatable bonds is 2. The van der Waals surface area contributed by atoms with Crippen molar-refractivity contribution in [3.63, 3.8) is 0 Å². The van der Waals surface area contributed by atoms with Gasteiger partial charge in [0.2, 0.25) is 0 Å². The number of carbonyl (C=O) groups is 5. The molecule has 0 aromatic heterocycles. The summed E-state index contributed by atoms with van der Waals surface area (Å²) in [6.07, 6.45) is 0. The molecule has 0 amide bonds. The van der Waals surface area contributed by atoms with Crippen LogP contribution in [0.25, 0.3) is 0 Å². The van der Waals surface area contributed by atoms with E-state index in [1.54, 1.807) is 0 Å². The zero-order valence-electron chi connectivity index (χ0n) is 8.77. The molecule has 0 spiro atoms. The van der Waals surface area contributed by atoms with E-state index in [9.17, 15) is 34.2 Å². The second-order valence-corrected chi connectivity index (χ2v) is 3.08. The molecule has 16 heavy (non-hydrogen) atoms. The summed E-state index contributed by atoms with van der Waals surface area (Å²) < 4.78 is 0.0417. The van der Waals surface area contributed by atoms with Crippen molar-refractivity contribution in [2.75, 3.05) is 0 Å². The van der Waals surface area contributed by atoms with Crippen LogP contribution in [0.3, 0.4) is 0 Å². The van der Waals surface area contributed by atoms with Crippen molar-refractivity contribution >= 4 is 28.2 Å². The van der Waals surface area contributed by atoms with E-state index in [1.165, 1.54) is 6.92 Å². The van der Waals surface area contributed by atoms with Crippen LogP contribution >= 0.6 is 0 Å². The number of Topliss-reactive ketones (excluding diaryl/α,β-unsaturated/α-hetero) is 2. The van der Waals surface area contributed by atoms with Gasteiger partial charge in [0.15, 0.2) is 11.6 Å². The quantitative estimate of drug-likeness (QED) is 0.480. The van der Waals surface area contributed by atoms with Gasteiger partial charge in [-0.1, -0.05) is 0 Å². The van der Waals surface area contributed by atoms with Gasteiger partial charge in [0.25, 0.3) is 0 Å². The minimum absolute atomic E-state index is 0.0417. The molecule has 0 saturated carbocycles. The first-order valence-electron chi connectivity index (χ1n) is 3.63. The average Bonchev–Trinajstić information content (AvgIpc) is 2.03. The van der Waals surface area contributed by atoms with Gasteiger partial charge in [-0.25, -0.2) is 0 Å². The molecule has 0 rings (SSSR count). The molecular weight excluding hydrogens is 260 g/mol. The monoisotopic (exact) mass is 269 g/mol. The summed E-state index contributed by atoms with van der Waals surface area (Å²) in [6, 6.07) is 0. The van der Waals surface area contributed by atoms with Crippen LogP contribution < -0.4 is 10.2 Å². The van der Waals surface area contributed by atoms with E-state index >= 15 is 0 Å². The van der Waals surface area contributed by atoms with Crippen molar-refractivity contribution in [2.24, 2.45) is 0 Å². The first kappa shape index (κ1) is 20.0. The Morgan fingerprint density at radius 1 is 0.750 bits per heavy atom. The molecule has 0 fully saturated rings. The van der Waals surface area contributed by atoms with E-state index in [2.05, 4.69) is 16.3 Å². The molecule has 0 radical (unpaired) electrons. The summed E-state index contributed by atoms with van der Waals surface area (Å²) in [5.74, 6) is -5.13. The Morgan fingerprint density at radius 2 is 0.812 bits per heavy atom. The number of carboxylic acids is 2. The Balaban J connectivity index is -0.000000162. The molecule has 7 nitrogen and oxygen atoms in total. The van der Waals surface area contributed by atoms with Crippen molar-refractivity contribution in [2.45, 2.75) is 20.8 Å². The standard InChI is InChI=1S/2C3H4O3.C2H3O.Cr/c2*1-2(4)3(5)6;1-2-3;/h2*1H3,(H,5,6);1H3;/q;;;+2/p-2. The molecule has 0 bridgehead atoms. The summed E-state index contributed by atoms with van der Waals surface area (Å²) in [5, 5.41) is 18.5. The Hall–Kier alpha value is -1.52. The maximum atomic E-state index is 9.48. The van der Waals surface area contributed by atoms with Crippen LogP contribution in [0.2, 0.25) is 0 Å². The van der Waals surface area contributed by atoms with Gasteiger partial charge in [-0.05, 0) is 0 Å². The second-order valence-electron chi connectivity index (χ2n) is 2.18. The zero-order valence-corrected chi connectivity index (χ0v) is 10.0. The van der Waals surface area contributed by atoms with Crippen LogP contribution in [0.5, 0.6) is 0 Å². The Morgan fingerprint density at radius 3 is 0.812 bits per heavy atom. The number of aliphatic carboxylic acids is 2. The van der Waals surface area contributed by atoms with E-state index in [-0.39, 0.29) is 4.65 Å². The maximum absolute atomic E-state index is 9.48. The molecule has 0 N–H and O–H groups in total. The minimum atomic E-state index is -1.63. The average molecular weight is 269 g/mol. The zero-order chi connectivity index (χ0) is 13.9. The van der Waals surface area contributed by atoms with Gasteiger partial charge in [0, 0.05) is 13.8 Å². The molecule has 0 aromatic carbocycles. The molecule has 0 aromatic rings. The van der Waals surface area contributed by atoms with Crippen LogP contribution in [-0.2, 0) is 40.3 Å². The Kier molecular flexibility index (Phi) is 14.4. The third-order valence-corrected chi connectivity index (χ3v) is 0.575. The summed E-state index contributed by atoms with van der Waals surface area (Å²) in [4.78, 5) is 46.8. The summed E-state index contributed by atoms with van der Waals surface area (Å²) in [6.45, 7) is 3.35. The number of ketones is 2. The van der Waals surface area contributed by atoms with Gasteiger partial charge in [0.05, 0.1) is 0 Å². The Bertz CT molecular complexity index is 243. The van der Waals surface area contributed by atoms with Crippen LogP contribution in [0.4, 0.5) is 0 Å².